The molecule has 26 heavy (non-hydrogen) atoms. The Balaban J connectivity index is 1.67. The third-order valence-electron chi connectivity index (χ3n) is 3.85. The minimum atomic E-state index is -0.393. The van der Waals surface area contributed by atoms with Gasteiger partial charge >= 0.3 is 5.63 Å². The summed E-state index contributed by atoms with van der Waals surface area (Å²) in [6, 6.07) is 16.9. The molecule has 2 heterocycles. The van der Waals surface area contributed by atoms with Gasteiger partial charge in [0.25, 0.3) is 0 Å². The highest BCUT2D eigenvalue weighted by Crippen LogP contribution is 2.31. The van der Waals surface area contributed by atoms with Crippen molar-refractivity contribution in [2.24, 2.45) is 0 Å². The number of hydrogen-bond acceptors (Lipinski definition) is 6. The molecule has 0 bridgehead atoms. The lowest BCUT2D eigenvalue weighted by Crippen LogP contribution is -2.03. The molecule has 1 N–H and O–H groups in total. The number of benzene rings is 2. The average molecular weight is 364 g/mol. The van der Waals surface area contributed by atoms with Gasteiger partial charge in [-0.15, -0.1) is 11.3 Å². The van der Waals surface area contributed by atoms with Gasteiger partial charge in [-0.2, -0.15) is 0 Å². The second kappa shape index (κ2) is 7.01. The van der Waals surface area contributed by atoms with E-state index in [0.717, 1.165) is 16.8 Å². The number of anilines is 2. The Hall–Kier alpha value is -3.12. The summed E-state index contributed by atoms with van der Waals surface area (Å²) in [6.07, 6.45) is 0. The Kier molecular flexibility index (Phi) is 4.41. The van der Waals surface area contributed by atoms with E-state index in [9.17, 15) is 4.79 Å². The Morgan fingerprint density at radius 1 is 1.15 bits per heavy atom. The number of nitrogens with one attached hydrogen (secondary N) is 1. The first-order valence-corrected chi connectivity index (χ1v) is 9.10. The van der Waals surface area contributed by atoms with Crippen molar-refractivity contribution in [1.82, 2.24) is 4.98 Å². The lowest BCUT2D eigenvalue weighted by atomic mass is 10.1. The molecule has 6 heteroatoms. The van der Waals surface area contributed by atoms with Crippen LogP contribution in [0.3, 0.4) is 0 Å². The van der Waals surface area contributed by atoms with Crippen molar-refractivity contribution >= 4 is 33.1 Å². The maximum Gasteiger partial charge on any atom is 0.345 e. The molecule has 130 valence electrons. The van der Waals surface area contributed by atoms with Crippen LogP contribution in [0, 0.1) is 0 Å². The fourth-order valence-electron chi connectivity index (χ4n) is 2.66. The molecule has 2 aromatic heterocycles. The third-order valence-corrected chi connectivity index (χ3v) is 4.61. The van der Waals surface area contributed by atoms with E-state index in [1.165, 1.54) is 11.3 Å². The molecule has 0 radical (unpaired) electrons. The SMILES string of the molecule is CCOc1ccccc1Nc1nc(-c2cc3ccccc3oc2=O)cs1. The van der Waals surface area contributed by atoms with Crippen LogP contribution in [0.1, 0.15) is 6.92 Å². The molecule has 0 aliphatic rings. The first kappa shape index (κ1) is 16.4. The van der Waals surface area contributed by atoms with Gasteiger partial charge < -0.3 is 14.5 Å². The van der Waals surface area contributed by atoms with Crippen LogP contribution >= 0.6 is 11.3 Å². The molecule has 0 aliphatic heterocycles. The highest BCUT2D eigenvalue weighted by atomic mass is 32.1. The van der Waals surface area contributed by atoms with Crippen LogP contribution in [0.2, 0.25) is 0 Å². The number of para-hydroxylation sites is 3. The zero-order valence-corrected chi connectivity index (χ0v) is 14.9. The van der Waals surface area contributed by atoms with Gasteiger partial charge in [0.2, 0.25) is 0 Å². The highest BCUT2D eigenvalue weighted by molar-refractivity contribution is 7.14. The molecule has 4 rings (SSSR count). The van der Waals surface area contributed by atoms with E-state index in [2.05, 4.69) is 10.3 Å². The van der Waals surface area contributed by atoms with Gasteiger partial charge in [-0.3, -0.25) is 0 Å². The van der Waals surface area contributed by atoms with Gasteiger partial charge in [-0.1, -0.05) is 30.3 Å². The zero-order chi connectivity index (χ0) is 17.9. The van der Waals surface area contributed by atoms with E-state index in [0.29, 0.717) is 28.6 Å². The van der Waals surface area contributed by atoms with Gasteiger partial charge in [-0.05, 0) is 31.2 Å². The van der Waals surface area contributed by atoms with Gasteiger partial charge in [0.1, 0.15) is 11.3 Å². The second-order valence-electron chi connectivity index (χ2n) is 5.58. The topological polar surface area (TPSA) is 64.4 Å². The molecule has 0 atom stereocenters. The Bertz CT molecular complexity index is 1120. The summed E-state index contributed by atoms with van der Waals surface area (Å²) in [6.45, 7) is 2.53. The van der Waals surface area contributed by atoms with Gasteiger partial charge in [0.05, 0.1) is 23.6 Å². The van der Waals surface area contributed by atoms with Crippen molar-refractivity contribution in [1.29, 1.82) is 0 Å². The molecule has 2 aromatic carbocycles. The monoisotopic (exact) mass is 364 g/mol. The number of rotatable bonds is 5. The normalized spacial score (nSPS) is 10.8. The molecule has 0 saturated heterocycles. The van der Waals surface area contributed by atoms with E-state index in [1.54, 1.807) is 6.07 Å². The van der Waals surface area contributed by atoms with Crippen molar-refractivity contribution in [3.05, 3.63) is 70.4 Å². The molecule has 0 saturated carbocycles. The van der Waals surface area contributed by atoms with Crippen LogP contribution in [-0.2, 0) is 0 Å². The van der Waals surface area contributed by atoms with Gasteiger partial charge in [0.15, 0.2) is 5.13 Å². The number of thiazole rings is 1. The number of aromatic nitrogens is 1. The molecule has 0 fully saturated rings. The van der Waals surface area contributed by atoms with Crippen molar-refractivity contribution in [3.63, 3.8) is 0 Å². The van der Waals surface area contributed by atoms with E-state index in [-0.39, 0.29) is 0 Å². The third kappa shape index (κ3) is 3.19. The second-order valence-corrected chi connectivity index (χ2v) is 6.44. The average Bonchev–Trinajstić information content (AvgIpc) is 3.11. The maximum atomic E-state index is 12.3. The van der Waals surface area contributed by atoms with Crippen LogP contribution in [0.4, 0.5) is 10.8 Å². The Labute approximate surface area is 153 Å². The van der Waals surface area contributed by atoms with E-state index in [4.69, 9.17) is 9.15 Å². The largest absolute Gasteiger partial charge is 0.492 e. The lowest BCUT2D eigenvalue weighted by Gasteiger charge is -2.09. The van der Waals surface area contributed by atoms with Gasteiger partial charge in [-0.25, -0.2) is 9.78 Å². The van der Waals surface area contributed by atoms with Crippen molar-refractivity contribution in [3.8, 4) is 17.0 Å². The summed E-state index contributed by atoms with van der Waals surface area (Å²) in [7, 11) is 0. The summed E-state index contributed by atoms with van der Waals surface area (Å²) in [4.78, 5) is 16.8. The van der Waals surface area contributed by atoms with Crippen LogP contribution in [-0.4, -0.2) is 11.6 Å². The maximum absolute atomic E-state index is 12.3. The number of nitrogens with zero attached hydrogens (tertiary/aromatic N) is 1. The highest BCUT2D eigenvalue weighted by Gasteiger charge is 2.12. The quantitative estimate of drug-likeness (QED) is 0.502. The number of ether oxygens (including phenoxy) is 1. The summed E-state index contributed by atoms with van der Waals surface area (Å²) in [5, 5.41) is 6.64. The first-order valence-electron chi connectivity index (χ1n) is 8.22. The predicted octanol–water partition coefficient (Wildman–Crippen LogP) is 5.06. The molecule has 0 aliphatic carbocycles. The Morgan fingerprint density at radius 2 is 1.96 bits per heavy atom. The van der Waals surface area contributed by atoms with Crippen LogP contribution < -0.4 is 15.7 Å². The smallest absolute Gasteiger partial charge is 0.345 e. The fourth-order valence-corrected chi connectivity index (χ4v) is 3.38. The van der Waals surface area contributed by atoms with Crippen molar-refractivity contribution < 1.29 is 9.15 Å². The van der Waals surface area contributed by atoms with E-state index in [1.807, 2.05) is 60.8 Å². The van der Waals surface area contributed by atoms with Crippen molar-refractivity contribution in [2.45, 2.75) is 6.92 Å². The molecule has 5 nitrogen and oxygen atoms in total. The minimum Gasteiger partial charge on any atom is -0.492 e. The van der Waals surface area contributed by atoms with Crippen LogP contribution in [0.5, 0.6) is 5.75 Å². The molecule has 0 amide bonds. The fraction of sp³-hybridized carbons (Fsp3) is 0.100. The molecule has 0 unspecified atom stereocenters. The van der Waals surface area contributed by atoms with Gasteiger partial charge in [0, 0.05) is 10.8 Å². The predicted molar refractivity (Wildman–Crippen MR) is 104 cm³/mol. The van der Waals surface area contributed by atoms with Crippen molar-refractivity contribution in [2.75, 3.05) is 11.9 Å². The molecule has 0 spiro atoms. The number of hydrogen-bond donors (Lipinski definition) is 1. The molecular weight excluding hydrogens is 348 g/mol. The first-order chi connectivity index (χ1) is 12.7. The Morgan fingerprint density at radius 3 is 2.85 bits per heavy atom. The molecule has 4 aromatic rings. The van der Waals surface area contributed by atoms with Crippen LogP contribution in [0.15, 0.2) is 69.2 Å². The zero-order valence-electron chi connectivity index (χ0n) is 14.1. The summed E-state index contributed by atoms with van der Waals surface area (Å²) in [5.74, 6) is 0.761. The number of fused-ring (bicyclic) bond motifs is 1. The minimum absolute atomic E-state index is 0.393. The lowest BCUT2D eigenvalue weighted by molar-refractivity contribution is 0.342. The van der Waals surface area contributed by atoms with Crippen LogP contribution in [0.25, 0.3) is 22.2 Å². The standard InChI is InChI=1S/C20H16N2O3S/c1-2-24-18-10-6-4-8-15(18)21-20-22-16(12-26-20)14-11-13-7-3-5-9-17(13)25-19(14)23/h3-12H,2H2,1H3,(H,21,22). The molecular formula is C20H16N2O3S. The van der Waals surface area contributed by atoms with E-state index < -0.39 is 5.63 Å². The summed E-state index contributed by atoms with van der Waals surface area (Å²) >= 11 is 1.42. The summed E-state index contributed by atoms with van der Waals surface area (Å²) in [5.41, 5.74) is 2.05. The van der Waals surface area contributed by atoms with E-state index >= 15 is 0 Å². The summed E-state index contributed by atoms with van der Waals surface area (Å²) < 4.78 is 11.0.